The van der Waals surface area contributed by atoms with Gasteiger partial charge in [0.1, 0.15) is 0 Å². The van der Waals surface area contributed by atoms with Crippen LogP contribution in [0.15, 0.2) is 66.7 Å². The zero-order chi connectivity index (χ0) is 15.5. The second-order valence-corrected chi connectivity index (χ2v) is 5.28. The Morgan fingerprint density at radius 1 is 1.00 bits per heavy atom. The van der Waals surface area contributed by atoms with Crippen molar-refractivity contribution in [1.82, 2.24) is 0 Å². The lowest BCUT2D eigenvalue weighted by molar-refractivity contribution is -0.131. The molecule has 0 saturated carbocycles. The Balaban J connectivity index is 2.17. The molecule has 2 heteroatoms. The Kier molecular flexibility index (Phi) is 3.75. The lowest BCUT2D eigenvalue weighted by Gasteiger charge is -2.11. The number of aryl methyl sites for hydroxylation is 1. The van der Waals surface area contributed by atoms with Crippen LogP contribution < -0.4 is 0 Å². The summed E-state index contributed by atoms with van der Waals surface area (Å²) in [5.74, 6) is -0.938. The minimum atomic E-state index is -0.938. The number of fused-ring (bicyclic) bond motifs is 1. The molecule has 0 saturated heterocycles. The molecule has 1 N–H and O–H groups in total. The SMILES string of the molecule is Cc1ccc2ccccc2c1-c1cccc(/C=C/C(=O)O)c1. The molecule has 0 radical (unpaired) electrons. The molecule has 3 rings (SSSR count). The van der Waals surface area contributed by atoms with E-state index < -0.39 is 5.97 Å². The Morgan fingerprint density at radius 3 is 2.64 bits per heavy atom. The van der Waals surface area contributed by atoms with E-state index in [0.717, 1.165) is 17.2 Å². The van der Waals surface area contributed by atoms with Gasteiger partial charge in [0.25, 0.3) is 0 Å². The highest BCUT2D eigenvalue weighted by molar-refractivity contribution is 5.98. The molecule has 0 fully saturated rings. The van der Waals surface area contributed by atoms with Gasteiger partial charge in [-0.15, -0.1) is 0 Å². The van der Waals surface area contributed by atoms with E-state index in [0.29, 0.717) is 0 Å². The Bertz CT molecular complexity index is 876. The van der Waals surface area contributed by atoms with E-state index in [-0.39, 0.29) is 0 Å². The van der Waals surface area contributed by atoms with Crippen LogP contribution in [-0.2, 0) is 4.79 Å². The molecule has 0 aliphatic carbocycles. The van der Waals surface area contributed by atoms with Gasteiger partial charge in [-0.05, 0) is 52.1 Å². The average molecular weight is 288 g/mol. The van der Waals surface area contributed by atoms with Crippen molar-refractivity contribution in [3.8, 4) is 11.1 Å². The van der Waals surface area contributed by atoms with Crippen molar-refractivity contribution in [2.75, 3.05) is 0 Å². The summed E-state index contributed by atoms with van der Waals surface area (Å²) in [7, 11) is 0. The summed E-state index contributed by atoms with van der Waals surface area (Å²) in [6.07, 6.45) is 2.78. The zero-order valence-corrected chi connectivity index (χ0v) is 12.3. The van der Waals surface area contributed by atoms with E-state index in [4.69, 9.17) is 5.11 Å². The lowest BCUT2D eigenvalue weighted by Crippen LogP contribution is -1.88. The van der Waals surface area contributed by atoms with Gasteiger partial charge < -0.3 is 5.11 Å². The monoisotopic (exact) mass is 288 g/mol. The topological polar surface area (TPSA) is 37.3 Å². The molecule has 0 unspecified atom stereocenters. The van der Waals surface area contributed by atoms with Gasteiger partial charge in [-0.3, -0.25) is 0 Å². The first-order chi connectivity index (χ1) is 10.6. The van der Waals surface area contributed by atoms with Gasteiger partial charge in [0, 0.05) is 6.08 Å². The smallest absolute Gasteiger partial charge is 0.328 e. The van der Waals surface area contributed by atoms with Gasteiger partial charge in [-0.1, -0.05) is 54.6 Å². The third-order valence-corrected chi connectivity index (χ3v) is 3.73. The van der Waals surface area contributed by atoms with Gasteiger partial charge >= 0.3 is 5.97 Å². The molecule has 0 aromatic heterocycles. The first kappa shape index (κ1) is 14.1. The molecular weight excluding hydrogens is 272 g/mol. The fourth-order valence-corrected chi connectivity index (χ4v) is 2.73. The minimum absolute atomic E-state index is 0.882. The third kappa shape index (κ3) is 2.77. The van der Waals surface area contributed by atoms with Crippen molar-refractivity contribution in [3.05, 3.63) is 77.9 Å². The standard InChI is InChI=1S/C20H16O2/c1-14-9-11-16-6-2-3-8-18(16)20(14)17-7-4-5-15(13-17)10-12-19(21)22/h2-13H,1H3,(H,21,22)/b12-10+. The molecule has 108 valence electrons. The summed E-state index contributed by atoms with van der Waals surface area (Å²) in [5, 5.41) is 11.2. The van der Waals surface area contributed by atoms with Crippen LogP contribution in [0.3, 0.4) is 0 Å². The summed E-state index contributed by atoms with van der Waals surface area (Å²) < 4.78 is 0. The summed E-state index contributed by atoms with van der Waals surface area (Å²) in [4.78, 5) is 10.7. The first-order valence-electron chi connectivity index (χ1n) is 7.15. The Hall–Kier alpha value is -2.87. The molecule has 0 amide bonds. The van der Waals surface area contributed by atoms with Crippen molar-refractivity contribution < 1.29 is 9.90 Å². The van der Waals surface area contributed by atoms with Gasteiger partial charge in [0.05, 0.1) is 0 Å². The van der Waals surface area contributed by atoms with E-state index >= 15 is 0 Å². The second-order valence-electron chi connectivity index (χ2n) is 5.28. The molecular formula is C20H16O2. The molecule has 0 heterocycles. The van der Waals surface area contributed by atoms with Crippen LogP contribution >= 0.6 is 0 Å². The van der Waals surface area contributed by atoms with Gasteiger partial charge in [-0.2, -0.15) is 0 Å². The Labute approximate surface area is 129 Å². The summed E-state index contributed by atoms with van der Waals surface area (Å²) in [6, 6.07) is 20.5. The maximum atomic E-state index is 10.7. The maximum Gasteiger partial charge on any atom is 0.328 e. The molecule has 0 spiro atoms. The molecule has 0 atom stereocenters. The molecule has 22 heavy (non-hydrogen) atoms. The summed E-state index contributed by atoms with van der Waals surface area (Å²) in [5.41, 5.74) is 4.39. The molecule has 3 aromatic carbocycles. The highest BCUT2D eigenvalue weighted by Gasteiger charge is 2.07. The highest BCUT2D eigenvalue weighted by Crippen LogP contribution is 2.32. The van der Waals surface area contributed by atoms with Crippen molar-refractivity contribution in [2.24, 2.45) is 0 Å². The zero-order valence-electron chi connectivity index (χ0n) is 12.3. The lowest BCUT2D eigenvalue weighted by atomic mass is 9.93. The number of carboxylic acid groups (broad SMARTS) is 1. The molecule has 2 nitrogen and oxygen atoms in total. The number of benzene rings is 3. The van der Waals surface area contributed by atoms with Crippen molar-refractivity contribution >= 4 is 22.8 Å². The molecule has 3 aromatic rings. The van der Waals surface area contributed by atoms with Crippen LogP contribution in [0, 0.1) is 6.92 Å². The van der Waals surface area contributed by atoms with E-state index in [1.807, 2.05) is 30.3 Å². The van der Waals surface area contributed by atoms with E-state index in [1.165, 1.54) is 21.9 Å². The number of rotatable bonds is 3. The molecule has 0 aliphatic heterocycles. The van der Waals surface area contributed by atoms with Crippen molar-refractivity contribution in [3.63, 3.8) is 0 Å². The largest absolute Gasteiger partial charge is 0.478 e. The van der Waals surface area contributed by atoms with Crippen LogP contribution in [0.1, 0.15) is 11.1 Å². The van der Waals surface area contributed by atoms with Crippen molar-refractivity contribution in [1.29, 1.82) is 0 Å². The third-order valence-electron chi connectivity index (χ3n) is 3.73. The van der Waals surface area contributed by atoms with E-state index in [1.54, 1.807) is 6.08 Å². The predicted octanol–water partition coefficient (Wildman–Crippen LogP) is 4.91. The highest BCUT2D eigenvalue weighted by atomic mass is 16.4. The molecule has 0 aliphatic rings. The van der Waals surface area contributed by atoms with E-state index in [9.17, 15) is 4.79 Å². The van der Waals surface area contributed by atoms with Crippen LogP contribution in [0.4, 0.5) is 0 Å². The van der Waals surface area contributed by atoms with Gasteiger partial charge in [0.15, 0.2) is 0 Å². The fourth-order valence-electron chi connectivity index (χ4n) is 2.73. The number of carboxylic acids is 1. The fraction of sp³-hybridized carbons (Fsp3) is 0.0500. The number of hydrogen-bond acceptors (Lipinski definition) is 1. The predicted molar refractivity (Wildman–Crippen MR) is 90.8 cm³/mol. The van der Waals surface area contributed by atoms with Crippen LogP contribution in [0.5, 0.6) is 0 Å². The number of hydrogen-bond donors (Lipinski definition) is 1. The van der Waals surface area contributed by atoms with Crippen LogP contribution in [0.2, 0.25) is 0 Å². The normalized spacial score (nSPS) is 11.1. The number of carbonyl (C=O) groups is 1. The quantitative estimate of drug-likeness (QED) is 0.695. The average Bonchev–Trinajstić information content (AvgIpc) is 2.53. The molecule has 0 bridgehead atoms. The minimum Gasteiger partial charge on any atom is -0.478 e. The van der Waals surface area contributed by atoms with E-state index in [2.05, 4.69) is 37.3 Å². The number of aliphatic carboxylic acids is 1. The summed E-state index contributed by atoms with van der Waals surface area (Å²) >= 11 is 0. The first-order valence-corrected chi connectivity index (χ1v) is 7.15. The Morgan fingerprint density at radius 2 is 1.82 bits per heavy atom. The summed E-state index contributed by atoms with van der Waals surface area (Å²) in [6.45, 7) is 2.10. The van der Waals surface area contributed by atoms with Crippen molar-refractivity contribution in [2.45, 2.75) is 6.92 Å². The van der Waals surface area contributed by atoms with Crippen LogP contribution in [0.25, 0.3) is 28.0 Å². The van der Waals surface area contributed by atoms with Gasteiger partial charge in [-0.25, -0.2) is 4.79 Å². The second kappa shape index (κ2) is 5.86. The maximum absolute atomic E-state index is 10.7. The van der Waals surface area contributed by atoms with Crippen LogP contribution in [-0.4, -0.2) is 11.1 Å². The van der Waals surface area contributed by atoms with Gasteiger partial charge in [0.2, 0.25) is 0 Å².